The average molecular weight is 185 g/mol. The minimum absolute atomic E-state index is 0.139. The van der Waals surface area contributed by atoms with Crippen LogP contribution in [0.2, 0.25) is 0 Å². The van der Waals surface area contributed by atoms with Crippen LogP contribution in [0.5, 0.6) is 0 Å². The molecule has 0 saturated carbocycles. The van der Waals surface area contributed by atoms with E-state index in [9.17, 15) is 4.79 Å². The van der Waals surface area contributed by atoms with Crippen molar-refractivity contribution in [2.45, 2.75) is 26.5 Å². The second-order valence-corrected chi connectivity index (χ2v) is 4.24. The lowest BCUT2D eigenvalue weighted by molar-refractivity contribution is 0.380. The molecule has 0 spiro atoms. The predicted octanol–water partition coefficient (Wildman–Crippen LogP) is 0.925. The van der Waals surface area contributed by atoms with Gasteiger partial charge >= 0.3 is 4.87 Å². The summed E-state index contributed by atoms with van der Waals surface area (Å²) in [6.45, 7) is 5.50. The van der Waals surface area contributed by atoms with Gasteiger partial charge in [-0.25, -0.2) is 0 Å². The van der Waals surface area contributed by atoms with Gasteiger partial charge in [-0.2, -0.15) is 0 Å². The maximum atomic E-state index is 11.4. The molecule has 0 aliphatic carbocycles. The van der Waals surface area contributed by atoms with Crippen LogP contribution < -0.4 is 4.87 Å². The smallest absolute Gasteiger partial charge is 0.307 e. The van der Waals surface area contributed by atoms with Gasteiger partial charge in [-0.3, -0.25) is 4.79 Å². The van der Waals surface area contributed by atoms with Crippen LogP contribution >= 0.6 is 11.3 Å². The molecule has 0 unspecified atom stereocenters. The minimum atomic E-state index is 0.139. The van der Waals surface area contributed by atoms with Gasteiger partial charge in [-0.1, -0.05) is 11.3 Å². The molecule has 0 amide bonds. The summed E-state index contributed by atoms with van der Waals surface area (Å²) in [5.74, 6) is 0. The van der Waals surface area contributed by atoms with E-state index in [1.807, 2.05) is 13.8 Å². The molecule has 1 saturated heterocycles. The van der Waals surface area contributed by atoms with Crippen LogP contribution in [0.1, 0.15) is 10.6 Å². The summed E-state index contributed by atoms with van der Waals surface area (Å²) in [5, 5.41) is 0. The van der Waals surface area contributed by atoms with Gasteiger partial charge < -0.3 is 9.30 Å². The fourth-order valence-corrected chi connectivity index (χ4v) is 2.02. The molecule has 1 fully saturated rings. The fraction of sp³-hybridized carbons (Fsp3) is 0.625. The van der Waals surface area contributed by atoms with Gasteiger partial charge in [-0.05, 0) is 13.8 Å². The Morgan fingerprint density at radius 2 is 2.33 bits per heavy atom. The topological polar surface area (TPSA) is 34.5 Å². The fourth-order valence-electron chi connectivity index (χ4n) is 1.18. The molecule has 66 valence electrons. The minimum Gasteiger partial charge on any atom is -0.371 e. The summed E-state index contributed by atoms with van der Waals surface area (Å²) >= 11 is 1.32. The van der Waals surface area contributed by atoms with Crippen LogP contribution in [0.4, 0.5) is 0 Å². The normalized spacial score (nSPS) is 21.3. The molecule has 1 aromatic heterocycles. The summed E-state index contributed by atoms with van der Waals surface area (Å²) in [6.07, 6.45) is 0.287. The van der Waals surface area contributed by atoms with E-state index in [2.05, 4.69) is 0 Å². The standard InChI is InChI=1S/C8H11NO2S/c1-5-6(2)12-8(10)9(5)3-7-4-11-7/h7H,3-4H2,1-2H3/t7-/m0/s1. The van der Waals surface area contributed by atoms with E-state index in [1.165, 1.54) is 11.3 Å². The number of thiazole rings is 1. The molecule has 0 aromatic carbocycles. The molecule has 0 radical (unpaired) electrons. The van der Waals surface area contributed by atoms with Crippen LogP contribution in [-0.2, 0) is 11.3 Å². The number of hydrogen-bond donors (Lipinski definition) is 0. The molecule has 0 N–H and O–H groups in total. The number of rotatable bonds is 2. The molecule has 2 heterocycles. The van der Waals surface area contributed by atoms with E-state index < -0.39 is 0 Å². The lowest BCUT2D eigenvalue weighted by Crippen LogP contribution is -2.17. The first-order chi connectivity index (χ1) is 5.68. The quantitative estimate of drug-likeness (QED) is 0.642. The van der Waals surface area contributed by atoms with Gasteiger partial charge in [0.15, 0.2) is 0 Å². The maximum absolute atomic E-state index is 11.4. The number of hydrogen-bond acceptors (Lipinski definition) is 3. The summed E-state index contributed by atoms with van der Waals surface area (Å²) < 4.78 is 6.88. The van der Waals surface area contributed by atoms with E-state index >= 15 is 0 Å². The molecular formula is C8H11NO2S. The van der Waals surface area contributed by atoms with Gasteiger partial charge in [0.2, 0.25) is 0 Å². The first-order valence-electron chi connectivity index (χ1n) is 3.97. The largest absolute Gasteiger partial charge is 0.371 e. The highest BCUT2D eigenvalue weighted by atomic mass is 32.1. The van der Waals surface area contributed by atoms with Gasteiger partial charge in [0.05, 0.1) is 19.3 Å². The number of aryl methyl sites for hydroxylation is 1. The Kier molecular flexibility index (Phi) is 1.81. The first kappa shape index (κ1) is 8.01. The van der Waals surface area contributed by atoms with E-state index in [0.29, 0.717) is 0 Å². The lowest BCUT2D eigenvalue weighted by Gasteiger charge is -2.00. The third-order valence-corrected chi connectivity index (χ3v) is 3.16. The zero-order valence-corrected chi connectivity index (χ0v) is 7.98. The van der Waals surface area contributed by atoms with Crippen LogP contribution in [-0.4, -0.2) is 17.3 Å². The third-order valence-electron chi connectivity index (χ3n) is 2.16. The van der Waals surface area contributed by atoms with Crippen molar-refractivity contribution in [3.63, 3.8) is 0 Å². The Morgan fingerprint density at radius 1 is 1.67 bits per heavy atom. The van der Waals surface area contributed by atoms with Crippen molar-refractivity contribution in [1.82, 2.24) is 4.57 Å². The zero-order chi connectivity index (χ0) is 8.72. The van der Waals surface area contributed by atoms with Gasteiger partial charge in [-0.15, -0.1) is 0 Å². The van der Waals surface area contributed by atoms with Gasteiger partial charge in [0.25, 0.3) is 0 Å². The maximum Gasteiger partial charge on any atom is 0.307 e. The number of nitrogens with zero attached hydrogens (tertiary/aromatic N) is 1. The van der Waals surface area contributed by atoms with E-state index in [0.717, 1.165) is 23.7 Å². The highest BCUT2D eigenvalue weighted by Gasteiger charge is 2.24. The molecule has 1 aliphatic rings. The van der Waals surface area contributed by atoms with Crippen LogP contribution in [0.25, 0.3) is 0 Å². The van der Waals surface area contributed by atoms with Gasteiger partial charge in [0.1, 0.15) is 0 Å². The lowest BCUT2D eigenvalue weighted by atomic mass is 10.4. The molecule has 1 atom stereocenters. The second kappa shape index (κ2) is 2.71. The number of epoxide rings is 1. The number of aromatic nitrogens is 1. The van der Waals surface area contributed by atoms with E-state index in [1.54, 1.807) is 4.57 Å². The highest BCUT2D eigenvalue weighted by Crippen LogP contribution is 2.15. The van der Waals surface area contributed by atoms with Gasteiger partial charge in [0, 0.05) is 10.6 Å². The summed E-state index contributed by atoms with van der Waals surface area (Å²) in [4.78, 5) is 12.6. The SMILES string of the molecule is Cc1sc(=O)n(C[C@H]2CO2)c1C. The van der Waals surface area contributed by atoms with Crippen molar-refractivity contribution in [2.75, 3.05) is 6.61 Å². The van der Waals surface area contributed by atoms with Crippen molar-refractivity contribution in [3.05, 3.63) is 20.2 Å². The van der Waals surface area contributed by atoms with E-state index in [4.69, 9.17) is 4.74 Å². The summed E-state index contributed by atoms with van der Waals surface area (Å²) in [7, 11) is 0. The van der Waals surface area contributed by atoms with Crippen molar-refractivity contribution in [3.8, 4) is 0 Å². The molecule has 4 heteroatoms. The predicted molar refractivity (Wildman–Crippen MR) is 47.8 cm³/mol. The first-order valence-corrected chi connectivity index (χ1v) is 4.78. The second-order valence-electron chi connectivity index (χ2n) is 3.08. The monoisotopic (exact) mass is 185 g/mol. The molecule has 0 bridgehead atoms. The molecule has 3 nitrogen and oxygen atoms in total. The number of ether oxygens (including phenoxy) is 1. The summed E-state index contributed by atoms with van der Waals surface area (Å²) in [6, 6.07) is 0. The Bertz CT molecular complexity index is 348. The third kappa shape index (κ3) is 1.32. The van der Waals surface area contributed by atoms with Crippen molar-refractivity contribution in [1.29, 1.82) is 0 Å². The van der Waals surface area contributed by atoms with E-state index in [-0.39, 0.29) is 11.0 Å². The molecule has 2 rings (SSSR count). The van der Waals surface area contributed by atoms with Crippen molar-refractivity contribution >= 4 is 11.3 Å². The zero-order valence-electron chi connectivity index (χ0n) is 7.16. The Hall–Kier alpha value is -0.610. The Morgan fingerprint density at radius 3 is 2.75 bits per heavy atom. The average Bonchev–Trinajstić information content (AvgIpc) is 2.77. The Labute approximate surface area is 74.6 Å². The van der Waals surface area contributed by atoms with Crippen molar-refractivity contribution < 1.29 is 4.74 Å². The molecular weight excluding hydrogens is 174 g/mol. The molecule has 1 aromatic rings. The van der Waals surface area contributed by atoms with Crippen LogP contribution in [0.15, 0.2) is 4.79 Å². The summed E-state index contributed by atoms with van der Waals surface area (Å²) in [5.41, 5.74) is 1.08. The van der Waals surface area contributed by atoms with Crippen LogP contribution in [0.3, 0.4) is 0 Å². The van der Waals surface area contributed by atoms with Crippen molar-refractivity contribution in [2.24, 2.45) is 0 Å². The highest BCUT2D eigenvalue weighted by molar-refractivity contribution is 7.09. The Balaban J connectivity index is 2.33. The molecule has 12 heavy (non-hydrogen) atoms. The van der Waals surface area contributed by atoms with Crippen LogP contribution in [0, 0.1) is 13.8 Å². The molecule has 1 aliphatic heterocycles.